The van der Waals surface area contributed by atoms with Crippen molar-refractivity contribution in [1.29, 1.82) is 0 Å². The molecule has 0 radical (unpaired) electrons. The molecule has 25 heavy (non-hydrogen) atoms. The number of benzene rings is 2. The molecule has 0 aliphatic carbocycles. The Hall–Kier alpha value is -3.48. The maximum Gasteiger partial charge on any atom is 0.312 e. The van der Waals surface area contributed by atoms with Crippen LogP contribution in [0.5, 0.6) is 5.75 Å². The van der Waals surface area contributed by atoms with Crippen LogP contribution >= 0.6 is 0 Å². The van der Waals surface area contributed by atoms with Crippen molar-refractivity contribution < 1.29 is 14.5 Å². The predicted molar refractivity (Wildman–Crippen MR) is 89.8 cm³/mol. The number of esters is 1. The summed E-state index contributed by atoms with van der Waals surface area (Å²) >= 11 is 0. The molecule has 2 aromatic carbocycles. The molecule has 2 heterocycles. The molecule has 0 fully saturated rings. The lowest BCUT2D eigenvalue weighted by Gasteiger charge is -2.24. The second kappa shape index (κ2) is 5.55. The summed E-state index contributed by atoms with van der Waals surface area (Å²) in [6.45, 7) is 0. The van der Waals surface area contributed by atoms with E-state index in [-0.39, 0.29) is 23.4 Å². The Morgan fingerprint density at radius 2 is 1.92 bits per heavy atom. The lowest BCUT2D eigenvalue weighted by atomic mass is 9.86. The first-order valence-electron chi connectivity index (χ1n) is 7.64. The number of rotatable bonds is 2. The Morgan fingerprint density at radius 3 is 2.72 bits per heavy atom. The van der Waals surface area contributed by atoms with Crippen molar-refractivity contribution in [2.24, 2.45) is 0 Å². The molecule has 7 heteroatoms. The summed E-state index contributed by atoms with van der Waals surface area (Å²) in [6.07, 6.45) is -0.0460. The minimum absolute atomic E-state index is 0.0460. The first-order chi connectivity index (χ1) is 12.0. The molecule has 1 aliphatic rings. The molecular formula is C18H12N2O5. The number of para-hydroxylation sites is 1. The van der Waals surface area contributed by atoms with Crippen molar-refractivity contribution in [3.63, 3.8) is 0 Å². The molecule has 0 saturated carbocycles. The van der Waals surface area contributed by atoms with Gasteiger partial charge in [-0.15, -0.1) is 0 Å². The first-order valence-corrected chi connectivity index (χ1v) is 7.64. The molecule has 124 valence electrons. The predicted octanol–water partition coefficient (Wildman–Crippen LogP) is 2.88. The molecule has 3 aromatic rings. The number of hydrogen-bond acceptors (Lipinski definition) is 5. The largest absolute Gasteiger partial charge is 0.425 e. The third-order valence-electron chi connectivity index (χ3n) is 4.33. The number of ether oxygens (including phenoxy) is 1. The summed E-state index contributed by atoms with van der Waals surface area (Å²) in [6, 6.07) is 13.0. The maximum absolute atomic E-state index is 12.6. The summed E-state index contributed by atoms with van der Waals surface area (Å²) < 4.78 is 5.36. The first kappa shape index (κ1) is 15.1. The van der Waals surface area contributed by atoms with E-state index in [1.807, 2.05) is 0 Å². The van der Waals surface area contributed by atoms with Gasteiger partial charge in [0.15, 0.2) is 0 Å². The second-order valence-corrected chi connectivity index (χ2v) is 5.83. The van der Waals surface area contributed by atoms with Gasteiger partial charge >= 0.3 is 5.97 Å². The number of nitro benzene ring substituents is 1. The van der Waals surface area contributed by atoms with Crippen LogP contribution in [0.4, 0.5) is 5.69 Å². The van der Waals surface area contributed by atoms with E-state index in [0.29, 0.717) is 22.0 Å². The van der Waals surface area contributed by atoms with Crippen molar-refractivity contribution in [3.8, 4) is 5.75 Å². The van der Waals surface area contributed by atoms with Gasteiger partial charge in [-0.2, -0.15) is 0 Å². The van der Waals surface area contributed by atoms with Crippen LogP contribution in [0.15, 0.2) is 53.3 Å². The fraction of sp³-hybridized carbons (Fsp3) is 0.111. The minimum Gasteiger partial charge on any atom is -0.425 e. The van der Waals surface area contributed by atoms with Crippen LogP contribution in [0.25, 0.3) is 10.9 Å². The summed E-state index contributed by atoms with van der Waals surface area (Å²) in [7, 11) is 0. The number of nitrogens with zero attached hydrogens (tertiary/aromatic N) is 1. The highest BCUT2D eigenvalue weighted by Gasteiger charge is 2.33. The summed E-state index contributed by atoms with van der Waals surface area (Å²) in [5.41, 5.74) is 0.971. The smallest absolute Gasteiger partial charge is 0.312 e. The van der Waals surface area contributed by atoms with Crippen LogP contribution in [0.3, 0.4) is 0 Å². The number of non-ortho nitro benzene ring substituents is 1. The van der Waals surface area contributed by atoms with E-state index in [2.05, 4.69) is 4.98 Å². The van der Waals surface area contributed by atoms with Crippen LogP contribution in [0, 0.1) is 10.1 Å². The summed E-state index contributed by atoms with van der Waals surface area (Å²) in [4.78, 5) is 38.0. The number of fused-ring (bicyclic) bond motifs is 3. The van der Waals surface area contributed by atoms with Gasteiger partial charge in [-0.25, -0.2) is 0 Å². The lowest BCUT2D eigenvalue weighted by Crippen LogP contribution is -2.28. The monoisotopic (exact) mass is 336 g/mol. The van der Waals surface area contributed by atoms with Crippen LogP contribution in [-0.4, -0.2) is 15.9 Å². The molecule has 0 amide bonds. The number of carbonyl (C=O) groups is 1. The molecule has 0 spiro atoms. The van der Waals surface area contributed by atoms with Crippen LogP contribution < -0.4 is 10.3 Å². The van der Waals surface area contributed by atoms with Crippen LogP contribution in [0.1, 0.15) is 23.5 Å². The van der Waals surface area contributed by atoms with Crippen molar-refractivity contribution in [1.82, 2.24) is 4.98 Å². The number of hydrogen-bond donors (Lipinski definition) is 1. The van der Waals surface area contributed by atoms with E-state index in [1.54, 1.807) is 36.4 Å². The molecule has 1 aliphatic heterocycles. The number of nitro groups is 1. The average molecular weight is 336 g/mol. The molecular weight excluding hydrogens is 324 g/mol. The van der Waals surface area contributed by atoms with E-state index in [0.717, 1.165) is 0 Å². The van der Waals surface area contributed by atoms with Crippen molar-refractivity contribution in [2.45, 2.75) is 12.3 Å². The van der Waals surface area contributed by atoms with E-state index < -0.39 is 16.8 Å². The SMILES string of the molecule is O=C1C[C@@H](c2cccc([N+](=O)[O-])c2)c2c(c3ccccc3[nH]c2=O)O1. The highest BCUT2D eigenvalue weighted by atomic mass is 16.6. The highest BCUT2D eigenvalue weighted by molar-refractivity contribution is 5.91. The van der Waals surface area contributed by atoms with Crippen molar-refractivity contribution in [2.75, 3.05) is 0 Å². The topological polar surface area (TPSA) is 102 Å². The van der Waals surface area contributed by atoms with Crippen LogP contribution in [0.2, 0.25) is 0 Å². The van der Waals surface area contributed by atoms with Crippen molar-refractivity contribution >= 4 is 22.6 Å². The average Bonchev–Trinajstić information content (AvgIpc) is 2.61. The number of carbonyl (C=O) groups excluding carboxylic acids is 1. The van der Waals surface area contributed by atoms with Gasteiger partial charge in [0, 0.05) is 23.4 Å². The van der Waals surface area contributed by atoms with Crippen LogP contribution in [-0.2, 0) is 4.79 Å². The molecule has 0 unspecified atom stereocenters. The molecule has 1 aromatic heterocycles. The van der Waals surface area contributed by atoms with E-state index >= 15 is 0 Å². The minimum atomic E-state index is -0.593. The Kier molecular flexibility index (Phi) is 3.35. The van der Waals surface area contributed by atoms with Gasteiger partial charge in [-0.1, -0.05) is 24.3 Å². The van der Waals surface area contributed by atoms with Gasteiger partial charge in [0.25, 0.3) is 11.2 Å². The number of pyridine rings is 1. The van der Waals surface area contributed by atoms with Gasteiger partial charge in [0.05, 0.1) is 22.4 Å². The Morgan fingerprint density at radius 1 is 1.12 bits per heavy atom. The van der Waals surface area contributed by atoms with E-state index in [9.17, 15) is 19.7 Å². The van der Waals surface area contributed by atoms with Gasteiger partial charge in [-0.3, -0.25) is 19.7 Å². The zero-order chi connectivity index (χ0) is 17.6. The van der Waals surface area contributed by atoms with E-state index in [4.69, 9.17) is 4.74 Å². The zero-order valence-electron chi connectivity index (χ0n) is 12.9. The molecule has 1 atom stereocenters. The second-order valence-electron chi connectivity index (χ2n) is 5.83. The van der Waals surface area contributed by atoms with Gasteiger partial charge in [-0.05, 0) is 17.7 Å². The third-order valence-corrected chi connectivity index (χ3v) is 4.33. The molecule has 0 saturated heterocycles. The normalized spacial score (nSPS) is 16.3. The zero-order valence-corrected chi connectivity index (χ0v) is 12.9. The number of aromatic nitrogens is 1. The van der Waals surface area contributed by atoms with Gasteiger partial charge in [0.2, 0.25) is 0 Å². The standard InChI is InChI=1S/C18H12N2O5/c21-15-9-13(10-4-3-5-11(8-10)20(23)24)16-17(25-15)12-6-1-2-7-14(12)19-18(16)22/h1-8,13H,9H2,(H,19,22)/t13-/m0/s1. The quantitative estimate of drug-likeness (QED) is 0.440. The Labute approximate surface area is 141 Å². The molecule has 4 rings (SSSR count). The molecule has 7 nitrogen and oxygen atoms in total. The van der Waals surface area contributed by atoms with Gasteiger partial charge in [0.1, 0.15) is 5.75 Å². The fourth-order valence-electron chi connectivity index (χ4n) is 3.22. The third kappa shape index (κ3) is 2.46. The van der Waals surface area contributed by atoms with Gasteiger partial charge < -0.3 is 9.72 Å². The Balaban J connectivity index is 1.98. The number of nitrogens with one attached hydrogen (secondary N) is 1. The van der Waals surface area contributed by atoms with Crippen molar-refractivity contribution in [3.05, 3.63) is 80.1 Å². The highest BCUT2D eigenvalue weighted by Crippen LogP contribution is 2.40. The molecule has 0 bridgehead atoms. The summed E-state index contributed by atoms with van der Waals surface area (Å²) in [5, 5.41) is 11.7. The number of H-pyrrole nitrogens is 1. The maximum atomic E-state index is 12.6. The number of aromatic amines is 1. The van der Waals surface area contributed by atoms with E-state index in [1.165, 1.54) is 12.1 Å². The Bertz CT molecular complexity index is 1090. The summed E-state index contributed by atoms with van der Waals surface area (Å²) in [5.74, 6) is -0.837. The fourth-order valence-corrected chi connectivity index (χ4v) is 3.22. The lowest BCUT2D eigenvalue weighted by molar-refractivity contribution is -0.384. The molecule has 1 N–H and O–H groups in total.